The quantitative estimate of drug-likeness (QED) is 0.728. The van der Waals surface area contributed by atoms with Gasteiger partial charge >= 0.3 is 0 Å². The summed E-state index contributed by atoms with van der Waals surface area (Å²) in [7, 11) is 0. The molecule has 1 N–H and O–H groups in total. The van der Waals surface area contributed by atoms with Gasteiger partial charge in [0, 0.05) is 31.4 Å². The second-order valence-corrected chi connectivity index (χ2v) is 4.86. The minimum absolute atomic E-state index is 0.0768. The highest BCUT2D eigenvalue weighted by Gasteiger charge is 2.24. The zero-order valence-electron chi connectivity index (χ0n) is 9.63. The van der Waals surface area contributed by atoms with Crippen LogP contribution < -0.4 is 5.32 Å². The molecule has 0 spiro atoms. The Kier molecular flexibility index (Phi) is 5.40. The molecule has 0 aliphatic carbocycles. The molecular formula is C11H21ClN2O. The van der Waals surface area contributed by atoms with Crippen LogP contribution in [-0.4, -0.2) is 42.4 Å². The molecule has 1 saturated heterocycles. The van der Waals surface area contributed by atoms with Crippen molar-refractivity contribution in [1.29, 1.82) is 0 Å². The molecule has 1 unspecified atom stereocenters. The van der Waals surface area contributed by atoms with Crippen molar-refractivity contribution in [1.82, 2.24) is 10.2 Å². The Morgan fingerprint density at radius 3 is 2.87 bits per heavy atom. The van der Waals surface area contributed by atoms with Crippen molar-refractivity contribution in [2.75, 3.05) is 25.5 Å². The van der Waals surface area contributed by atoms with Crippen LogP contribution in [0.5, 0.6) is 0 Å². The number of hydrogen-bond acceptors (Lipinski definition) is 2. The van der Waals surface area contributed by atoms with Gasteiger partial charge in [0.25, 0.3) is 0 Å². The molecule has 0 radical (unpaired) electrons. The van der Waals surface area contributed by atoms with E-state index in [1.807, 2.05) is 0 Å². The standard InChI is InChI=1S/C11H21ClN2O/c1-9(2)14-6-4-10(8-14)7-13-11(15)3-5-12/h9-10H,3-8H2,1-2H3,(H,13,15). The fourth-order valence-corrected chi connectivity index (χ4v) is 2.10. The highest BCUT2D eigenvalue weighted by atomic mass is 35.5. The number of hydrogen-bond donors (Lipinski definition) is 1. The summed E-state index contributed by atoms with van der Waals surface area (Å²) in [5, 5.41) is 2.93. The van der Waals surface area contributed by atoms with E-state index < -0.39 is 0 Å². The fourth-order valence-electron chi connectivity index (χ4n) is 1.93. The Hall–Kier alpha value is -0.280. The number of halogens is 1. The number of amides is 1. The highest BCUT2D eigenvalue weighted by Crippen LogP contribution is 2.17. The van der Waals surface area contributed by atoms with Gasteiger partial charge in [-0.2, -0.15) is 0 Å². The highest BCUT2D eigenvalue weighted by molar-refractivity contribution is 6.18. The summed E-state index contributed by atoms with van der Waals surface area (Å²) in [4.78, 5) is 13.7. The van der Waals surface area contributed by atoms with Crippen LogP contribution in [0, 0.1) is 5.92 Å². The average molecular weight is 233 g/mol. The first-order valence-electron chi connectivity index (χ1n) is 5.70. The van der Waals surface area contributed by atoms with Crippen LogP contribution in [0.1, 0.15) is 26.7 Å². The van der Waals surface area contributed by atoms with Gasteiger partial charge in [0.1, 0.15) is 0 Å². The molecule has 1 rings (SSSR count). The van der Waals surface area contributed by atoms with Crippen molar-refractivity contribution in [3.05, 3.63) is 0 Å². The Balaban J connectivity index is 2.16. The molecule has 88 valence electrons. The number of nitrogens with zero attached hydrogens (tertiary/aromatic N) is 1. The van der Waals surface area contributed by atoms with Crippen LogP contribution in [0.4, 0.5) is 0 Å². The molecule has 0 bridgehead atoms. The molecule has 0 aromatic heterocycles. The van der Waals surface area contributed by atoms with Crippen LogP contribution in [0.25, 0.3) is 0 Å². The molecule has 1 heterocycles. The topological polar surface area (TPSA) is 32.3 Å². The summed E-state index contributed by atoms with van der Waals surface area (Å²) in [6.45, 7) is 7.51. The van der Waals surface area contributed by atoms with Gasteiger partial charge in [-0.25, -0.2) is 0 Å². The fraction of sp³-hybridized carbons (Fsp3) is 0.909. The minimum Gasteiger partial charge on any atom is -0.356 e. The average Bonchev–Trinajstić information content (AvgIpc) is 2.63. The molecule has 3 nitrogen and oxygen atoms in total. The van der Waals surface area contributed by atoms with Gasteiger partial charge in [0.05, 0.1) is 0 Å². The first-order valence-corrected chi connectivity index (χ1v) is 6.23. The van der Waals surface area contributed by atoms with Crippen molar-refractivity contribution < 1.29 is 4.79 Å². The Labute approximate surface area is 97.2 Å². The number of carbonyl (C=O) groups excluding carboxylic acids is 1. The molecule has 1 aliphatic heterocycles. The number of rotatable bonds is 5. The van der Waals surface area contributed by atoms with Crippen LogP contribution in [0.2, 0.25) is 0 Å². The number of nitrogens with one attached hydrogen (secondary N) is 1. The third kappa shape index (κ3) is 4.39. The first kappa shape index (κ1) is 12.8. The van der Waals surface area contributed by atoms with E-state index in [0.717, 1.165) is 19.6 Å². The van der Waals surface area contributed by atoms with Crippen LogP contribution >= 0.6 is 11.6 Å². The molecular weight excluding hydrogens is 212 g/mol. The Morgan fingerprint density at radius 1 is 1.60 bits per heavy atom. The summed E-state index contributed by atoms with van der Waals surface area (Å²) >= 11 is 5.49. The van der Waals surface area contributed by atoms with Gasteiger partial charge in [-0.05, 0) is 32.7 Å². The van der Waals surface area contributed by atoms with Gasteiger partial charge in [-0.3, -0.25) is 4.79 Å². The molecule has 1 amide bonds. The normalized spacial score (nSPS) is 22.3. The molecule has 0 aromatic carbocycles. The number of carbonyl (C=O) groups is 1. The summed E-state index contributed by atoms with van der Waals surface area (Å²) < 4.78 is 0. The Bertz CT molecular complexity index is 209. The SMILES string of the molecule is CC(C)N1CCC(CNC(=O)CCCl)C1. The van der Waals surface area contributed by atoms with Gasteiger partial charge in [-0.15, -0.1) is 11.6 Å². The largest absolute Gasteiger partial charge is 0.356 e. The van der Waals surface area contributed by atoms with Gasteiger partial charge in [0.15, 0.2) is 0 Å². The number of alkyl halides is 1. The van der Waals surface area contributed by atoms with Crippen LogP contribution in [0.3, 0.4) is 0 Å². The van der Waals surface area contributed by atoms with E-state index in [9.17, 15) is 4.79 Å². The van der Waals surface area contributed by atoms with E-state index in [1.54, 1.807) is 0 Å². The van der Waals surface area contributed by atoms with E-state index >= 15 is 0 Å². The summed E-state index contributed by atoms with van der Waals surface area (Å²) in [6.07, 6.45) is 1.63. The third-order valence-corrected chi connectivity index (χ3v) is 3.15. The maximum absolute atomic E-state index is 11.2. The van der Waals surface area contributed by atoms with Gasteiger partial charge < -0.3 is 10.2 Å². The zero-order chi connectivity index (χ0) is 11.3. The first-order chi connectivity index (χ1) is 7.13. The lowest BCUT2D eigenvalue weighted by Crippen LogP contribution is -2.33. The van der Waals surface area contributed by atoms with E-state index in [0.29, 0.717) is 24.3 Å². The lowest BCUT2D eigenvalue weighted by Gasteiger charge is -2.20. The van der Waals surface area contributed by atoms with E-state index in [1.165, 1.54) is 6.42 Å². The van der Waals surface area contributed by atoms with Crippen molar-refractivity contribution >= 4 is 17.5 Å². The predicted molar refractivity (Wildman–Crippen MR) is 63.2 cm³/mol. The van der Waals surface area contributed by atoms with Crippen molar-refractivity contribution in [2.45, 2.75) is 32.7 Å². The summed E-state index contributed by atoms with van der Waals surface area (Å²) in [5.41, 5.74) is 0. The minimum atomic E-state index is 0.0768. The maximum Gasteiger partial charge on any atom is 0.221 e. The van der Waals surface area contributed by atoms with Crippen LogP contribution in [-0.2, 0) is 4.79 Å². The Morgan fingerprint density at radius 2 is 2.33 bits per heavy atom. The lowest BCUT2D eigenvalue weighted by atomic mass is 10.1. The molecule has 1 atom stereocenters. The van der Waals surface area contributed by atoms with Gasteiger partial charge in [0.2, 0.25) is 5.91 Å². The summed E-state index contributed by atoms with van der Waals surface area (Å²) in [6, 6.07) is 0.619. The molecule has 1 aliphatic rings. The second kappa shape index (κ2) is 6.33. The molecule has 1 fully saturated rings. The lowest BCUT2D eigenvalue weighted by molar-refractivity contribution is -0.120. The van der Waals surface area contributed by atoms with E-state index in [4.69, 9.17) is 11.6 Å². The van der Waals surface area contributed by atoms with Crippen LogP contribution in [0.15, 0.2) is 0 Å². The summed E-state index contributed by atoms with van der Waals surface area (Å²) in [5.74, 6) is 1.11. The third-order valence-electron chi connectivity index (χ3n) is 2.96. The zero-order valence-corrected chi connectivity index (χ0v) is 10.4. The molecule has 0 saturated carbocycles. The van der Waals surface area contributed by atoms with E-state index in [2.05, 4.69) is 24.1 Å². The smallest absolute Gasteiger partial charge is 0.221 e. The second-order valence-electron chi connectivity index (χ2n) is 4.49. The maximum atomic E-state index is 11.2. The number of likely N-dealkylation sites (tertiary alicyclic amines) is 1. The molecule has 0 aromatic rings. The molecule has 4 heteroatoms. The van der Waals surface area contributed by atoms with Crippen molar-refractivity contribution in [3.8, 4) is 0 Å². The monoisotopic (exact) mass is 232 g/mol. The van der Waals surface area contributed by atoms with Gasteiger partial charge in [-0.1, -0.05) is 0 Å². The van der Waals surface area contributed by atoms with E-state index in [-0.39, 0.29) is 5.91 Å². The predicted octanol–water partition coefficient (Wildman–Crippen LogP) is 1.46. The van der Waals surface area contributed by atoms with Crippen molar-refractivity contribution in [2.24, 2.45) is 5.92 Å². The van der Waals surface area contributed by atoms with Crippen molar-refractivity contribution in [3.63, 3.8) is 0 Å². The molecule has 15 heavy (non-hydrogen) atoms.